The van der Waals surface area contributed by atoms with E-state index in [4.69, 9.17) is 9.47 Å². The molecule has 1 aliphatic carbocycles. The molecule has 0 aliphatic heterocycles. The summed E-state index contributed by atoms with van der Waals surface area (Å²) in [6.45, 7) is 6.94. The molecule has 0 heterocycles. The summed E-state index contributed by atoms with van der Waals surface area (Å²) in [5.41, 5.74) is 0. The van der Waals surface area contributed by atoms with E-state index in [9.17, 15) is 10.2 Å². The third-order valence-corrected chi connectivity index (χ3v) is 4.01. The normalized spacial score (nSPS) is 19.9. The van der Waals surface area contributed by atoms with Gasteiger partial charge in [-0.3, -0.25) is 4.90 Å². The highest BCUT2D eigenvalue weighted by Gasteiger charge is 2.25. The van der Waals surface area contributed by atoms with E-state index >= 15 is 0 Å². The minimum absolute atomic E-state index is 0.362. The van der Waals surface area contributed by atoms with E-state index in [0.29, 0.717) is 45.6 Å². The topological polar surface area (TPSA) is 62.2 Å². The minimum Gasteiger partial charge on any atom is -0.389 e. The third-order valence-electron chi connectivity index (χ3n) is 4.01. The van der Waals surface area contributed by atoms with E-state index in [1.807, 2.05) is 13.8 Å². The van der Waals surface area contributed by atoms with Crippen LogP contribution < -0.4 is 0 Å². The lowest BCUT2D eigenvalue weighted by Gasteiger charge is -2.36. The first-order valence-corrected chi connectivity index (χ1v) is 8.43. The maximum absolute atomic E-state index is 10.1. The average molecular weight is 303 g/mol. The largest absolute Gasteiger partial charge is 0.389 e. The van der Waals surface area contributed by atoms with Gasteiger partial charge in [-0.2, -0.15) is 0 Å². The van der Waals surface area contributed by atoms with Crippen molar-refractivity contribution in [2.45, 2.75) is 64.2 Å². The zero-order chi connectivity index (χ0) is 15.5. The van der Waals surface area contributed by atoms with Gasteiger partial charge in [0.05, 0.1) is 25.4 Å². The molecule has 2 unspecified atom stereocenters. The molecule has 0 aromatic heterocycles. The molecule has 0 spiro atoms. The van der Waals surface area contributed by atoms with Crippen LogP contribution in [0.5, 0.6) is 0 Å². The molecule has 21 heavy (non-hydrogen) atoms. The Morgan fingerprint density at radius 2 is 1.38 bits per heavy atom. The lowest BCUT2D eigenvalue weighted by molar-refractivity contribution is -0.0228. The summed E-state index contributed by atoms with van der Waals surface area (Å²) < 4.78 is 10.6. The predicted molar refractivity (Wildman–Crippen MR) is 83.4 cm³/mol. The molecule has 5 nitrogen and oxygen atoms in total. The molecule has 0 bridgehead atoms. The van der Waals surface area contributed by atoms with Crippen LogP contribution in [0.1, 0.15) is 46.0 Å². The summed E-state index contributed by atoms with van der Waals surface area (Å²) in [5, 5.41) is 20.2. The van der Waals surface area contributed by atoms with Gasteiger partial charge in [0.1, 0.15) is 0 Å². The SMILES string of the molecule is CCOCC(O)CN(CC(O)COCC)C1CCCCC1. The number of ether oxygens (including phenoxy) is 2. The molecule has 0 aromatic carbocycles. The van der Waals surface area contributed by atoms with Crippen LogP contribution in [0.4, 0.5) is 0 Å². The molecular formula is C16H33NO4. The van der Waals surface area contributed by atoms with Crippen molar-refractivity contribution in [3.8, 4) is 0 Å². The Morgan fingerprint density at radius 3 is 1.81 bits per heavy atom. The van der Waals surface area contributed by atoms with Gasteiger partial charge in [0, 0.05) is 32.3 Å². The van der Waals surface area contributed by atoms with Crippen LogP contribution in [-0.2, 0) is 9.47 Å². The van der Waals surface area contributed by atoms with E-state index in [1.165, 1.54) is 19.3 Å². The molecule has 1 aliphatic rings. The molecule has 0 aromatic rings. The van der Waals surface area contributed by atoms with Crippen LogP contribution in [-0.4, -0.2) is 72.9 Å². The Hall–Kier alpha value is -0.200. The summed E-state index contributed by atoms with van der Waals surface area (Å²) in [6.07, 6.45) is 5.10. The van der Waals surface area contributed by atoms with E-state index in [-0.39, 0.29) is 0 Å². The van der Waals surface area contributed by atoms with Crippen molar-refractivity contribution in [2.75, 3.05) is 39.5 Å². The molecule has 1 rings (SSSR count). The second-order valence-corrected chi connectivity index (χ2v) is 5.87. The van der Waals surface area contributed by atoms with Crippen LogP contribution in [0.2, 0.25) is 0 Å². The van der Waals surface area contributed by atoms with Crippen LogP contribution in [0.15, 0.2) is 0 Å². The van der Waals surface area contributed by atoms with Gasteiger partial charge >= 0.3 is 0 Å². The molecule has 1 fully saturated rings. The Bertz CT molecular complexity index is 230. The standard InChI is InChI=1S/C16H33NO4/c1-3-20-12-15(18)10-17(11-16(19)13-21-4-2)14-8-6-5-7-9-14/h14-16,18-19H,3-13H2,1-2H3. The lowest BCUT2D eigenvalue weighted by Crippen LogP contribution is -2.47. The Balaban J connectivity index is 2.47. The highest BCUT2D eigenvalue weighted by Crippen LogP contribution is 2.23. The summed E-state index contributed by atoms with van der Waals surface area (Å²) in [6, 6.07) is 0.464. The molecular weight excluding hydrogens is 270 g/mol. The van der Waals surface area contributed by atoms with Crippen molar-refractivity contribution < 1.29 is 19.7 Å². The fraction of sp³-hybridized carbons (Fsp3) is 1.00. The Labute approximate surface area is 129 Å². The third kappa shape index (κ3) is 8.12. The highest BCUT2D eigenvalue weighted by atomic mass is 16.5. The summed E-state index contributed by atoms with van der Waals surface area (Å²) in [7, 11) is 0. The van der Waals surface area contributed by atoms with Crippen LogP contribution in [0.25, 0.3) is 0 Å². The van der Waals surface area contributed by atoms with Crippen molar-refractivity contribution in [3.05, 3.63) is 0 Å². The number of nitrogens with zero attached hydrogens (tertiary/aromatic N) is 1. The molecule has 1 saturated carbocycles. The number of hydrogen-bond donors (Lipinski definition) is 2. The average Bonchev–Trinajstić information content (AvgIpc) is 2.51. The van der Waals surface area contributed by atoms with E-state index in [1.54, 1.807) is 0 Å². The first kappa shape index (κ1) is 18.8. The van der Waals surface area contributed by atoms with Gasteiger partial charge in [0.15, 0.2) is 0 Å². The second kappa shape index (κ2) is 11.4. The van der Waals surface area contributed by atoms with Crippen LogP contribution in [0, 0.1) is 0 Å². The van der Waals surface area contributed by atoms with Crippen LogP contribution in [0.3, 0.4) is 0 Å². The number of hydrogen-bond acceptors (Lipinski definition) is 5. The maximum Gasteiger partial charge on any atom is 0.0900 e. The van der Waals surface area contributed by atoms with Gasteiger partial charge in [0.25, 0.3) is 0 Å². The lowest BCUT2D eigenvalue weighted by atomic mass is 9.93. The highest BCUT2D eigenvalue weighted by molar-refractivity contribution is 4.79. The predicted octanol–water partition coefficient (Wildman–Crippen LogP) is 1.42. The number of aliphatic hydroxyl groups excluding tert-OH is 2. The molecule has 2 N–H and O–H groups in total. The first-order valence-electron chi connectivity index (χ1n) is 8.43. The van der Waals surface area contributed by atoms with Gasteiger partial charge in [-0.05, 0) is 26.7 Å². The smallest absolute Gasteiger partial charge is 0.0900 e. The van der Waals surface area contributed by atoms with Crippen molar-refractivity contribution >= 4 is 0 Å². The van der Waals surface area contributed by atoms with Crippen molar-refractivity contribution in [2.24, 2.45) is 0 Å². The zero-order valence-electron chi connectivity index (χ0n) is 13.7. The zero-order valence-corrected chi connectivity index (χ0v) is 13.7. The summed E-state index contributed by atoms with van der Waals surface area (Å²) in [5.74, 6) is 0. The quantitative estimate of drug-likeness (QED) is 0.604. The fourth-order valence-electron chi connectivity index (χ4n) is 2.97. The van der Waals surface area contributed by atoms with E-state index in [0.717, 1.165) is 12.8 Å². The first-order chi connectivity index (χ1) is 10.2. The van der Waals surface area contributed by atoms with Crippen molar-refractivity contribution in [1.82, 2.24) is 4.90 Å². The minimum atomic E-state index is -0.494. The monoisotopic (exact) mass is 303 g/mol. The van der Waals surface area contributed by atoms with Gasteiger partial charge in [-0.1, -0.05) is 19.3 Å². The van der Waals surface area contributed by atoms with Crippen LogP contribution >= 0.6 is 0 Å². The molecule has 0 saturated heterocycles. The summed E-state index contributed by atoms with van der Waals surface area (Å²) >= 11 is 0. The van der Waals surface area contributed by atoms with Gasteiger partial charge in [-0.25, -0.2) is 0 Å². The second-order valence-electron chi connectivity index (χ2n) is 5.87. The van der Waals surface area contributed by atoms with Gasteiger partial charge < -0.3 is 19.7 Å². The van der Waals surface area contributed by atoms with E-state index < -0.39 is 12.2 Å². The van der Waals surface area contributed by atoms with Crippen molar-refractivity contribution in [1.29, 1.82) is 0 Å². The van der Waals surface area contributed by atoms with Gasteiger partial charge in [-0.15, -0.1) is 0 Å². The Morgan fingerprint density at radius 1 is 0.905 bits per heavy atom. The molecule has 2 atom stereocenters. The molecule has 5 heteroatoms. The molecule has 0 amide bonds. The fourth-order valence-corrected chi connectivity index (χ4v) is 2.97. The number of aliphatic hydroxyl groups is 2. The van der Waals surface area contributed by atoms with Crippen molar-refractivity contribution in [3.63, 3.8) is 0 Å². The number of rotatable bonds is 11. The van der Waals surface area contributed by atoms with Gasteiger partial charge in [0.2, 0.25) is 0 Å². The maximum atomic E-state index is 10.1. The summed E-state index contributed by atoms with van der Waals surface area (Å²) in [4.78, 5) is 2.23. The Kier molecular flexibility index (Phi) is 10.2. The van der Waals surface area contributed by atoms with E-state index in [2.05, 4.69) is 4.90 Å². The molecule has 126 valence electrons. The molecule has 0 radical (unpaired) electrons.